The molecule has 0 amide bonds. The van der Waals surface area contributed by atoms with Gasteiger partial charge in [0, 0.05) is 11.8 Å². The summed E-state index contributed by atoms with van der Waals surface area (Å²) in [6.45, 7) is 10.3. The molecule has 3 saturated carbocycles. The maximum Gasteiger partial charge on any atom is 0.419 e. The standard InChI is InChI=1S/C27H44O9S2/c1-17(7-6-13-24(2,3)29)21-10-11-22-20-9-8-18-15-19(28)16-27(34-37(30,31)36-38(32,33)35-27)26(18,5)23(20)12-14-25(21,22)4/h8,17,19-23,28-29H,6-7,9-16H2,1-5H3/t17-,19?,20+,21-,22+,23+,25-,26+/m1/s1. The van der Waals surface area contributed by atoms with Crippen molar-refractivity contribution >= 4 is 20.8 Å². The third-order valence-corrected chi connectivity index (χ3v) is 13.4. The van der Waals surface area contributed by atoms with Crippen molar-refractivity contribution in [3.63, 3.8) is 0 Å². The second kappa shape index (κ2) is 9.22. The molecule has 38 heavy (non-hydrogen) atoms. The Hall–Kier alpha value is -0.560. The second-order valence-corrected chi connectivity index (χ2v) is 16.3. The normalized spacial score (nSPS) is 44.0. The number of allylic oxidation sites excluding steroid dienone is 1. The van der Waals surface area contributed by atoms with Gasteiger partial charge in [-0.1, -0.05) is 45.3 Å². The zero-order valence-electron chi connectivity index (χ0n) is 23.2. The fourth-order valence-corrected chi connectivity index (χ4v) is 11.8. The summed E-state index contributed by atoms with van der Waals surface area (Å²) in [6.07, 6.45) is 8.77. The molecule has 218 valence electrons. The zero-order valence-corrected chi connectivity index (χ0v) is 24.8. The summed E-state index contributed by atoms with van der Waals surface area (Å²) in [4.78, 5) is 0. The smallest absolute Gasteiger partial charge is 0.393 e. The highest BCUT2D eigenvalue weighted by Gasteiger charge is 2.70. The van der Waals surface area contributed by atoms with Crippen LogP contribution in [0, 0.1) is 40.4 Å². The Morgan fingerprint density at radius 1 is 1.08 bits per heavy atom. The Bertz CT molecular complexity index is 1150. The van der Waals surface area contributed by atoms with Gasteiger partial charge in [-0.2, -0.15) is 16.8 Å². The van der Waals surface area contributed by atoms with Gasteiger partial charge in [0.15, 0.2) is 0 Å². The van der Waals surface area contributed by atoms with Gasteiger partial charge in [0.05, 0.1) is 11.7 Å². The lowest BCUT2D eigenvalue weighted by molar-refractivity contribution is -0.255. The molecule has 0 aromatic rings. The van der Waals surface area contributed by atoms with Crippen molar-refractivity contribution in [1.29, 1.82) is 0 Å². The minimum absolute atomic E-state index is 0.0548. The van der Waals surface area contributed by atoms with Crippen LogP contribution < -0.4 is 0 Å². The molecule has 0 aromatic carbocycles. The van der Waals surface area contributed by atoms with Crippen LogP contribution in [0.15, 0.2) is 11.6 Å². The second-order valence-electron chi connectivity index (χ2n) is 13.8. The lowest BCUT2D eigenvalue weighted by atomic mass is 9.45. The van der Waals surface area contributed by atoms with E-state index in [1.54, 1.807) is 0 Å². The maximum atomic E-state index is 12.5. The molecule has 1 spiro atoms. The van der Waals surface area contributed by atoms with Crippen molar-refractivity contribution in [2.45, 2.75) is 116 Å². The fraction of sp³-hybridized carbons (Fsp3) is 0.926. The molecule has 0 radical (unpaired) electrons. The van der Waals surface area contributed by atoms with Crippen molar-refractivity contribution in [3.05, 3.63) is 11.6 Å². The third-order valence-electron chi connectivity index (χ3n) is 11.1. The first-order valence-corrected chi connectivity index (χ1v) is 16.8. The minimum atomic E-state index is -4.89. The van der Waals surface area contributed by atoms with Crippen LogP contribution in [-0.2, 0) is 32.8 Å². The van der Waals surface area contributed by atoms with Crippen molar-refractivity contribution in [3.8, 4) is 0 Å². The minimum Gasteiger partial charge on any atom is -0.393 e. The lowest BCUT2D eigenvalue weighted by Gasteiger charge is -2.62. The molecular formula is C27H44O9S2. The Morgan fingerprint density at radius 2 is 1.74 bits per heavy atom. The summed E-state index contributed by atoms with van der Waals surface area (Å²) in [5.41, 5.74) is -0.756. The average Bonchev–Trinajstić information content (AvgIpc) is 3.09. The van der Waals surface area contributed by atoms with Crippen LogP contribution in [0.5, 0.6) is 0 Å². The summed E-state index contributed by atoms with van der Waals surface area (Å²) >= 11 is 0. The van der Waals surface area contributed by atoms with E-state index in [2.05, 4.69) is 23.6 Å². The van der Waals surface area contributed by atoms with Gasteiger partial charge < -0.3 is 10.2 Å². The van der Waals surface area contributed by atoms with E-state index in [1.807, 2.05) is 20.8 Å². The van der Waals surface area contributed by atoms with Gasteiger partial charge in [-0.15, -0.1) is 3.63 Å². The van der Waals surface area contributed by atoms with Crippen LogP contribution >= 0.6 is 0 Å². The van der Waals surface area contributed by atoms with E-state index < -0.39 is 43.7 Å². The van der Waals surface area contributed by atoms with E-state index in [0.29, 0.717) is 24.2 Å². The van der Waals surface area contributed by atoms with Crippen LogP contribution in [0.2, 0.25) is 0 Å². The predicted molar refractivity (Wildman–Crippen MR) is 140 cm³/mol. The summed E-state index contributed by atoms with van der Waals surface area (Å²) in [5.74, 6) is -0.403. The Kier molecular flexibility index (Phi) is 7.03. The van der Waals surface area contributed by atoms with Gasteiger partial charge in [-0.05, 0) is 93.8 Å². The highest BCUT2D eigenvalue weighted by Crippen LogP contribution is 2.70. The van der Waals surface area contributed by atoms with Crippen LogP contribution in [-0.4, -0.2) is 44.5 Å². The molecule has 5 aliphatic rings. The Morgan fingerprint density at radius 3 is 2.37 bits per heavy atom. The number of aliphatic hydroxyl groups is 2. The average molecular weight is 577 g/mol. The maximum absolute atomic E-state index is 12.5. The molecule has 1 unspecified atom stereocenters. The van der Waals surface area contributed by atoms with E-state index in [-0.39, 0.29) is 23.7 Å². The molecular weight excluding hydrogens is 532 g/mol. The molecule has 5 rings (SSSR count). The number of rotatable bonds is 5. The van der Waals surface area contributed by atoms with Crippen molar-refractivity contribution in [2.75, 3.05) is 0 Å². The summed E-state index contributed by atoms with van der Waals surface area (Å²) in [5, 5.41) is 20.8. The van der Waals surface area contributed by atoms with Crippen molar-refractivity contribution in [2.24, 2.45) is 40.4 Å². The first-order valence-electron chi connectivity index (χ1n) is 14.1. The van der Waals surface area contributed by atoms with Crippen LogP contribution in [0.25, 0.3) is 0 Å². The summed E-state index contributed by atoms with van der Waals surface area (Å²) in [6, 6.07) is 0. The molecule has 1 saturated heterocycles. The quantitative estimate of drug-likeness (QED) is 0.457. The largest absolute Gasteiger partial charge is 0.419 e. The number of hydrogen-bond acceptors (Lipinski definition) is 9. The first-order chi connectivity index (χ1) is 17.4. The molecule has 1 aliphatic heterocycles. The van der Waals surface area contributed by atoms with Crippen molar-refractivity contribution < 1.29 is 39.0 Å². The Labute approximate surface area is 228 Å². The van der Waals surface area contributed by atoms with E-state index in [0.717, 1.165) is 56.9 Å². The third kappa shape index (κ3) is 4.71. The molecule has 9 nitrogen and oxygen atoms in total. The SMILES string of the molecule is C[C@H](CCCC(C)(C)O)[C@H]1CC[C@H]2[C@@H]3CC=C4CC(O)CC5(OS(=O)(=O)OS(=O)(=O)O5)[C@]4(C)[C@H]3CC[C@]12C. The molecule has 4 aliphatic carbocycles. The van der Waals surface area contributed by atoms with E-state index in [1.165, 1.54) is 0 Å². The molecule has 11 heteroatoms. The lowest BCUT2D eigenvalue weighted by Crippen LogP contribution is -2.66. The predicted octanol–water partition coefficient (Wildman–Crippen LogP) is 4.36. The van der Waals surface area contributed by atoms with Gasteiger partial charge in [0.25, 0.3) is 0 Å². The molecule has 2 N–H and O–H groups in total. The van der Waals surface area contributed by atoms with Gasteiger partial charge in [-0.25, -0.2) is 8.37 Å². The zero-order chi connectivity index (χ0) is 27.9. The molecule has 8 atom stereocenters. The van der Waals surface area contributed by atoms with E-state index in [4.69, 9.17) is 8.37 Å². The number of aliphatic hydroxyl groups excluding tert-OH is 1. The van der Waals surface area contributed by atoms with Crippen LogP contribution in [0.1, 0.15) is 98.8 Å². The van der Waals surface area contributed by atoms with E-state index in [9.17, 15) is 27.0 Å². The number of fused-ring (bicyclic) bond motifs is 6. The first kappa shape index (κ1) is 29.0. The molecule has 0 aromatic heterocycles. The van der Waals surface area contributed by atoms with Crippen LogP contribution in [0.4, 0.5) is 0 Å². The number of hydrogen-bond donors (Lipinski definition) is 2. The highest BCUT2D eigenvalue weighted by atomic mass is 32.3. The van der Waals surface area contributed by atoms with Crippen molar-refractivity contribution in [1.82, 2.24) is 0 Å². The highest BCUT2D eigenvalue weighted by molar-refractivity contribution is 7.95. The van der Waals surface area contributed by atoms with Gasteiger partial charge >= 0.3 is 20.8 Å². The fourth-order valence-electron chi connectivity index (χ4n) is 9.48. The molecule has 1 heterocycles. The molecule has 0 bridgehead atoms. The summed E-state index contributed by atoms with van der Waals surface area (Å²) < 4.78 is 65.0. The van der Waals surface area contributed by atoms with Gasteiger partial charge in [-0.3, -0.25) is 0 Å². The topological polar surface area (TPSA) is 136 Å². The Balaban J connectivity index is 1.45. The van der Waals surface area contributed by atoms with E-state index >= 15 is 0 Å². The van der Waals surface area contributed by atoms with Gasteiger partial charge in [0.2, 0.25) is 5.79 Å². The van der Waals surface area contributed by atoms with Gasteiger partial charge in [0.1, 0.15) is 0 Å². The summed E-state index contributed by atoms with van der Waals surface area (Å²) in [7, 11) is -9.77. The van der Waals surface area contributed by atoms with Crippen LogP contribution in [0.3, 0.4) is 0 Å². The monoisotopic (exact) mass is 576 g/mol. The molecule has 4 fully saturated rings.